The molecule has 0 unspecified atom stereocenters. The Bertz CT molecular complexity index is 805. The van der Waals surface area contributed by atoms with Gasteiger partial charge in [0.2, 0.25) is 0 Å². The van der Waals surface area contributed by atoms with Crippen molar-refractivity contribution in [1.29, 1.82) is 0 Å². The summed E-state index contributed by atoms with van der Waals surface area (Å²) < 4.78 is 17.1. The standard InChI is InChI=1S/C21H23NO5/c23-12-14-1-4-17(5-2-14)27-20-13-25-9-8-18(20)22-21(24)16-3-6-19-15(11-16)7-10-26-19/h1-6,11,18,20,23H,7-10,12-13H2,(H,22,24)/t18-,20-/m1/s1. The van der Waals surface area contributed by atoms with E-state index in [1.165, 1.54) is 0 Å². The highest BCUT2D eigenvalue weighted by atomic mass is 16.5. The molecule has 0 saturated carbocycles. The summed E-state index contributed by atoms with van der Waals surface area (Å²) in [7, 11) is 0. The molecule has 0 aliphatic carbocycles. The second-order valence-electron chi connectivity index (χ2n) is 6.82. The lowest BCUT2D eigenvalue weighted by Crippen LogP contribution is -2.51. The average molecular weight is 369 g/mol. The first-order valence-electron chi connectivity index (χ1n) is 9.24. The number of carbonyl (C=O) groups is 1. The third-order valence-corrected chi connectivity index (χ3v) is 4.97. The average Bonchev–Trinajstić information content (AvgIpc) is 3.18. The molecule has 6 heteroatoms. The molecular weight excluding hydrogens is 346 g/mol. The number of hydrogen-bond donors (Lipinski definition) is 2. The van der Waals surface area contributed by atoms with Gasteiger partial charge in [-0.25, -0.2) is 0 Å². The topological polar surface area (TPSA) is 77.0 Å². The normalized spacial score (nSPS) is 21.2. The molecule has 1 fully saturated rings. The van der Waals surface area contributed by atoms with Crippen molar-refractivity contribution in [3.8, 4) is 11.5 Å². The van der Waals surface area contributed by atoms with Crippen molar-refractivity contribution in [1.82, 2.24) is 5.32 Å². The fourth-order valence-corrected chi connectivity index (χ4v) is 3.42. The predicted octanol–water partition coefficient (Wildman–Crippen LogP) is 2.08. The molecule has 0 spiro atoms. The number of aliphatic hydroxyl groups is 1. The SMILES string of the molecule is O=C(N[C@@H]1CCOC[C@H]1Oc1ccc(CO)cc1)c1ccc2c(c1)CCO2. The largest absolute Gasteiger partial charge is 0.493 e. The van der Waals surface area contributed by atoms with Crippen LogP contribution in [0.25, 0.3) is 0 Å². The first-order valence-corrected chi connectivity index (χ1v) is 9.24. The molecule has 2 atom stereocenters. The van der Waals surface area contributed by atoms with E-state index in [0.717, 1.165) is 23.3 Å². The molecule has 2 aromatic rings. The summed E-state index contributed by atoms with van der Waals surface area (Å²) in [6.07, 6.45) is 1.27. The Labute approximate surface area is 158 Å². The molecule has 2 heterocycles. The molecule has 27 heavy (non-hydrogen) atoms. The molecule has 2 aromatic carbocycles. The van der Waals surface area contributed by atoms with Crippen LogP contribution in [0.5, 0.6) is 11.5 Å². The summed E-state index contributed by atoms with van der Waals surface area (Å²) >= 11 is 0. The lowest BCUT2D eigenvalue weighted by molar-refractivity contribution is -0.0135. The lowest BCUT2D eigenvalue weighted by Gasteiger charge is -2.32. The van der Waals surface area contributed by atoms with E-state index >= 15 is 0 Å². The molecule has 6 nitrogen and oxygen atoms in total. The van der Waals surface area contributed by atoms with Gasteiger partial charge in [0.25, 0.3) is 5.91 Å². The van der Waals surface area contributed by atoms with Crippen molar-refractivity contribution in [2.24, 2.45) is 0 Å². The molecule has 0 bridgehead atoms. The number of amides is 1. The molecule has 2 aliphatic heterocycles. The first-order chi connectivity index (χ1) is 13.2. The zero-order valence-electron chi connectivity index (χ0n) is 15.0. The zero-order chi connectivity index (χ0) is 18.6. The smallest absolute Gasteiger partial charge is 0.251 e. The minimum Gasteiger partial charge on any atom is -0.493 e. The summed E-state index contributed by atoms with van der Waals surface area (Å²) in [6.45, 7) is 1.68. The van der Waals surface area contributed by atoms with E-state index in [1.54, 1.807) is 6.07 Å². The number of hydrogen-bond acceptors (Lipinski definition) is 5. The maximum absolute atomic E-state index is 12.7. The van der Waals surface area contributed by atoms with Crippen molar-refractivity contribution in [2.75, 3.05) is 19.8 Å². The highest BCUT2D eigenvalue weighted by molar-refractivity contribution is 5.94. The third kappa shape index (κ3) is 4.07. The Hall–Kier alpha value is -2.57. The van der Waals surface area contributed by atoms with Crippen LogP contribution in [-0.4, -0.2) is 43.0 Å². The van der Waals surface area contributed by atoms with E-state index < -0.39 is 0 Å². The van der Waals surface area contributed by atoms with Crippen LogP contribution in [0.15, 0.2) is 42.5 Å². The lowest BCUT2D eigenvalue weighted by atomic mass is 10.0. The van der Waals surface area contributed by atoms with Gasteiger partial charge in [0.1, 0.15) is 17.6 Å². The van der Waals surface area contributed by atoms with Gasteiger partial charge < -0.3 is 24.6 Å². The van der Waals surface area contributed by atoms with Crippen molar-refractivity contribution in [3.63, 3.8) is 0 Å². The van der Waals surface area contributed by atoms with Gasteiger partial charge in [-0.15, -0.1) is 0 Å². The predicted molar refractivity (Wildman–Crippen MR) is 99.1 cm³/mol. The molecule has 0 aromatic heterocycles. The van der Waals surface area contributed by atoms with Crippen molar-refractivity contribution in [3.05, 3.63) is 59.2 Å². The number of fused-ring (bicyclic) bond motifs is 1. The summed E-state index contributed by atoms with van der Waals surface area (Å²) in [5.74, 6) is 1.45. The van der Waals surface area contributed by atoms with E-state index in [4.69, 9.17) is 19.3 Å². The van der Waals surface area contributed by atoms with Crippen LogP contribution in [0.4, 0.5) is 0 Å². The number of nitrogens with one attached hydrogen (secondary N) is 1. The van der Waals surface area contributed by atoms with Gasteiger partial charge >= 0.3 is 0 Å². The van der Waals surface area contributed by atoms with Gasteiger partial charge in [0.05, 0.1) is 25.9 Å². The van der Waals surface area contributed by atoms with Gasteiger partial charge in [-0.3, -0.25) is 4.79 Å². The van der Waals surface area contributed by atoms with Crippen LogP contribution < -0.4 is 14.8 Å². The van der Waals surface area contributed by atoms with Gasteiger partial charge in [-0.2, -0.15) is 0 Å². The fourth-order valence-electron chi connectivity index (χ4n) is 3.42. The second-order valence-corrected chi connectivity index (χ2v) is 6.82. The number of aliphatic hydroxyl groups excluding tert-OH is 1. The molecular formula is C21H23NO5. The Morgan fingerprint density at radius 2 is 2.04 bits per heavy atom. The van der Waals surface area contributed by atoms with Gasteiger partial charge in [0.15, 0.2) is 0 Å². The first kappa shape index (κ1) is 17.8. The number of rotatable bonds is 5. The van der Waals surface area contributed by atoms with Gasteiger partial charge in [-0.1, -0.05) is 12.1 Å². The van der Waals surface area contributed by atoms with E-state index in [-0.39, 0.29) is 24.7 Å². The van der Waals surface area contributed by atoms with Crippen molar-refractivity contribution in [2.45, 2.75) is 31.6 Å². The fraction of sp³-hybridized carbons (Fsp3) is 0.381. The molecule has 142 valence electrons. The van der Waals surface area contributed by atoms with E-state index in [0.29, 0.717) is 37.6 Å². The van der Waals surface area contributed by atoms with E-state index in [1.807, 2.05) is 36.4 Å². The Kier molecular flexibility index (Phi) is 5.27. The number of benzene rings is 2. The molecule has 2 N–H and O–H groups in total. The quantitative estimate of drug-likeness (QED) is 0.844. The van der Waals surface area contributed by atoms with Crippen molar-refractivity contribution >= 4 is 5.91 Å². The Balaban J connectivity index is 1.43. The third-order valence-electron chi connectivity index (χ3n) is 4.97. The maximum atomic E-state index is 12.7. The molecule has 4 rings (SSSR count). The maximum Gasteiger partial charge on any atom is 0.251 e. The highest BCUT2D eigenvalue weighted by Gasteiger charge is 2.29. The Morgan fingerprint density at radius 3 is 2.85 bits per heavy atom. The van der Waals surface area contributed by atoms with Crippen LogP contribution >= 0.6 is 0 Å². The number of carbonyl (C=O) groups excluding carboxylic acids is 1. The summed E-state index contributed by atoms with van der Waals surface area (Å²) in [6, 6.07) is 12.7. The number of ether oxygens (including phenoxy) is 3. The summed E-state index contributed by atoms with van der Waals surface area (Å²) in [5.41, 5.74) is 2.54. The monoisotopic (exact) mass is 369 g/mol. The van der Waals surface area contributed by atoms with Crippen LogP contribution in [0, 0.1) is 0 Å². The molecule has 2 aliphatic rings. The molecule has 1 amide bonds. The minimum atomic E-state index is -0.263. The van der Waals surface area contributed by atoms with E-state index in [2.05, 4.69) is 5.32 Å². The van der Waals surface area contributed by atoms with Crippen molar-refractivity contribution < 1.29 is 24.1 Å². The zero-order valence-corrected chi connectivity index (χ0v) is 15.0. The van der Waals surface area contributed by atoms with Crippen LogP contribution in [0.1, 0.15) is 27.9 Å². The van der Waals surface area contributed by atoms with Gasteiger partial charge in [0, 0.05) is 18.6 Å². The highest BCUT2D eigenvalue weighted by Crippen LogP contribution is 2.26. The van der Waals surface area contributed by atoms with Crippen LogP contribution in [0.2, 0.25) is 0 Å². The van der Waals surface area contributed by atoms with Crippen LogP contribution in [-0.2, 0) is 17.8 Å². The molecule has 0 radical (unpaired) electrons. The summed E-state index contributed by atoms with van der Waals surface area (Å²) in [5, 5.41) is 12.2. The summed E-state index contributed by atoms with van der Waals surface area (Å²) in [4.78, 5) is 12.7. The second kappa shape index (κ2) is 7.98. The van der Waals surface area contributed by atoms with Gasteiger partial charge in [-0.05, 0) is 47.9 Å². The van der Waals surface area contributed by atoms with Crippen LogP contribution in [0.3, 0.4) is 0 Å². The minimum absolute atomic E-state index is 0.00266. The van der Waals surface area contributed by atoms with E-state index in [9.17, 15) is 4.79 Å². The molecule has 1 saturated heterocycles. The Morgan fingerprint density at radius 1 is 1.19 bits per heavy atom.